The van der Waals surface area contributed by atoms with Crippen LogP contribution in [0.25, 0.3) is 0 Å². The minimum Gasteiger partial charge on any atom is -0.352 e. The lowest BCUT2D eigenvalue weighted by atomic mass is 10.4. The number of hydrogen-bond donors (Lipinski definition) is 0. The van der Waals surface area contributed by atoms with Crippen LogP contribution in [0, 0.1) is 0 Å². The summed E-state index contributed by atoms with van der Waals surface area (Å²) in [5, 5.41) is 0. The third-order valence-electron chi connectivity index (χ3n) is 3.86. The normalized spacial score (nSPS) is 17.2. The summed E-state index contributed by atoms with van der Waals surface area (Å²) in [4.78, 5) is 2.63. The molecule has 114 valence electrons. The average Bonchev–Trinajstić information content (AvgIpc) is 3.04. The summed E-state index contributed by atoms with van der Waals surface area (Å²) in [6.07, 6.45) is 4.06. The Balaban J connectivity index is 2.03. The van der Waals surface area contributed by atoms with Gasteiger partial charge in [0.2, 0.25) is 10.0 Å². The molecule has 0 spiro atoms. The van der Waals surface area contributed by atoms with E-state index in [-0.39, 0.29) is 0 Å². The fourth-order valence-electron chi connectivity index (χ4n) is 2.44. The molecule has 0 saturated carbocycles. The van der Waals surface area contributed by atoms with Crippen LogP contribution >= 0.6 is 11.6 Å². The lowest BCUT2D eigenvalue weighted by Gasteiger charge is -2.20. The van der Waals surface area contributed by atoms with Gasteiger partial charge in [0, 0.05) is 39.1 Å². The quantitative estimate of drug-likeness (QED) is 0.746. The minimum absolute atomic E-state index is 0.309. The molecule has 1 fully saturated rings. The maximum atomic E-state index is 12.5. The zero-order valence-corrected chi connectivity index (χ0v) is 13.6. The highest BCUT2D eigenvalue weighted by Gasteiger charge is 2.23. The van der Waals surface area contributed by atoms with Gasteiger partial charge in [-0.15, -0.1) is 11.6 Å². The average molecular weight is 320 g/mol. The molecule has 0 bridgehead atoms. The highest BCUT2D eigenvalue weighted by atomic mass is 35.5. The van der Waals surface area contributed by atoms with Gasteiger partial charge in [0.1, 0.15) is 4.90 Å². The first kappa shape index (κ1) is 15.8. The van der Waals surface area contributed by atoms with Crippen LogP contribution in [0.2, 0.25) is 0 Å². The Morgan fingerprint density at radius 3 is 2.55 bits per heavy atom. The first-order valence-electron chi connectivity index (χ1n) is 6.85. The molecule has 0 aromatic carbocycles. The predicted molar refractivity (Wildman–Crippen MR) is 80.5 cm³/mol. The van der Waals surface area contributed by atoms with Crippen molar-refractivity contribution in [1.82, 2.24) is 13.8 Å². The molecular formula is C13H22ClN3O2S. The summed E-state index contributed by atoms with van der Waals surface area (Å²) in [5.41, 5.74) is 0.804. The first-order chi connectivity index (χ1) is 9.45. The van der Waals surface area contributed by atoms with E-state index in [0.717, 1.165) is 25.3 Å². The Bertz CT molecular complexity index is 550. The molecule has 0 unspecified atom stereocenters. The number of aryl methyl sites for hydroxylation is 1. The number of aromatic nitrogens is 1. The molecule has 1 aromatic rings. The number of nitrogens with zero attached hydrogens (tertiary/aromatic N) is 3. The van der Waals surface area contributed by atoms with Crippen molar-refractivity contribution in [2.24, 2.45) is 7.05 Å². The first-order valence-corrected chi connectivity index (χ1v) is 8.82. The Morgan fingerprint density at radius 1 is 1.35 bits per heavy atom. The van der Waals surface area contributed by atoms with Crippen molar-refractivity contribution in [2.45, 2.75) is 23.6 Å². The Morgan fingerprint density at radius 2 is 2.00 bits per heavy atom. The SMILES string of the molecule is CN(CCN1CCCC1)S(=O)(=O)c1cc(CCl)n(C)c1. The van der Waals surface area contributed by atoms with Crippen molar-refractivity contribution in [3.05, 3.63) is 18.0 Å². The molecule has 1 saturated heterocycles. The van der Waals surface area contributed by atoms with Crippen LogP contribution in [-0.4, -0.2) is 55.4 Å². The molecule has 0 atom stereocenters. The van der Waals surface area contributed by atoms with E-state index < -0.39 is 10.0 Å². The second kappa shape index (κ2) is 6.47. The van der Waals surface area contributed by atoms with E-state index in [1.54, 1.807) is 30.9 Å². The fourth-order valence-corrected chi connectivity index (χ4v) is 3.96. The Kier molecular flexibility index (Phi) is 5.12. The zero-order chi connectivity index (χ0) is 14.8. The van der Waals surface area contributed by atoms with Crippen LogP contribution in [0.5, 0.6) is 0 Å². The summed E-state index contributed by atoms with van der Waals surface area (Å²) < 4.78 is 28.1. The smallest absolute Gasteiger partial charge is 0.244 e. The Hall–Kier alpha value is -0.560. The van der Waals surface area contributed by atoms with E-state index in [0.29, 0.717) is 17.3 Å². The largest absolute Gasteiger partial charge is 0.352 e. The number of alkyl halides is 1. The van der Waals surface area contributed by atoms with Gasteiger partial charge in [-0.3, -0.25) is 0 Å². The van der Waals surface area contributed by atoms with E-state index in [1.807, 2.05) is 0 Å². The maximum absolute atomic E-state index is 12.5. The topological polar surface area (TPSA) is 45.6 Å². The highest BCUT2D eigenvalue weighted by molar-refractivity contribution is 7.89. The molecule has 7 heteroatoms. The fraction of sp³-hybridized carbons (Fsp3) is 0.692. The third kappa shape index (κ3) is 3.36. The predicted octanol–water partition coefficient (Wildman–Crippen LogP) is 1.48. The molecule has 2 rings (SSSR count). The van der Waals surface area contributed by atoms with Crippen molar-refractivity contribution in [1.29, 1.82) is 0 Å². The molecule has 20 heavy (non-hydrogen) atoms. The molecular weight excluding hydrogens is 298 g/mol. The van der Waals surface area contributed by atoms with Gasteiger partial charge in [-0.05, 0) is 32.0 Å². The van der Waals surface area contributed by atoms with Gasteiger partial charge in [-0.25, -0.2) is 8.42 Å². The summed E-state index contributed by atoms with van der Waals surface area (Å²) >= 11 is 5.79. The molecule has 1 aliphatic rings. The van der Waals surface area contributed by atoms with Crippen LogP contribution in [0.15, 0.2) is 17.2 Å². The second-order valence-electron chi connectivity index (χ2n) is 5.29. The number of sulfonamides is 1. The van der Waals surface area contributed by atoms with Crippen LogP contribution in [0.4, 0.5) is 0 Å². The van der Waals surface area contributed by atoms with E-state index >= 15 is 0 Å². The van der Waals surface area contributed by atoms with Crippen molar-refractivity contribution in [3.63, 3.8) is 0 Å². The third-order valence-corrected chi connectivity index (χ3v) is 5.95. The second-order valence-corrected chi connectivity index (χ2v) is 7.60. The molecule has 0 N–H and O–H groups in total. The molecule has 0 aliphatic carbocycles. The summed E-state index contributed by atoms with van der Waals surface area (Å²) in [6.45, 7) is 3.48. The molecule has 1 aliphatic heterocycles. The number of hydrogen-bond acceptors (Lipinski definition) is 3. The van der Waals surface area contributed by atoms with E-state index in [9.17, 15) is 8.42 Å². The highest BCUT2D eigenvalue weighted by Crippen LogP contribution is 2.18. The molecule has 2 heterocycles. The number of likely N-dealkylation sites (N-methyl/N-ethyl adjacent to an activating group) is 1. The monoisotopic (exact) mass is 319 g/mol. The van der Waals surface area contributed by atoms with Gasteiger partial charge in [-0.2, -0.15) is 4.31 Å². The van der Waals surface area contributed by atoms with Gasteiger partial charge < -0.3 is 9.47 Å². The summed E-state index contributed by atoms with van der Waals surface area (Å²) in [5.74, 6) is 0.309. The zero-order valence-electron chi connectivity index (χ0n) is 12.0. The molecule has 1 aromatic heterocycles. The van der Waals surface area contributed by atoms with Crippen LogP contribution in [0.3, 0.4) is 0 Å². The number of likely N-dealkylation sites (tertiary alicyclic amines) is 1. The summed E-state index contributed by atoms with van der Waals surface area (Å²) in [6, 6.07) is 1.65. The van der Waals surface area contributed by atoms with Gasteiger partial charge in [0.25, 0.3) is 0 Å². The van der Waals surface area contributed by atoms with E-state index in [1.165, 1.54) is 17.1 Å². The lowest BCUT2D eigenvalue weighted by Crippen LogP contribution is -2.35. The molecule has 0 amide bonds. The van der Waals surface area contributed by atoms with Crippen molar-refractivity contribution in [2.75, 3.05) is 33.2 Å². The number of rotatable bonds is 6. The van der Waals surface area contributed by atoms with Crippen LogP contribution in [-0.2, 0) is 23.0 Å². The molecule has 5 nitrogen and oxygen atoms in total. The Labute approximate surface area is 126 Å². The minimum atomic E-state index is -3.42. The van der Waals surface area contributed by atoms with Crippen molar-refractivity contribution in [3.8, 4) is 0 Å². The lowest BCUT2D eigenvalue weighted by molar-refractivity contribution is 0.310. The van der Waals surface area contributed by atoms with Gasteiger partial charge in [-0.1, -0.05) is 0 Å². The summed E-state index contributed by atoms with van der Waals surface area (Å²) in [7, 11) is 0.0289. The van der Waals surface area contributed by atoms with Gasteiger partial charge in [0.15, 0.2) is 0 Å². The van der Waals surface area contributed by atoms with Gasteiger partial charge in [0.05, 0.1) is 5.88 Å². The maximum Gasteiger partial charge on any atom is 0.244 e. The van der Waals surface area contributed by atoms with E-state index in [4.69, 9.17) is 11.6 Å². The number of halogens is 1. The van der Waals surface area contributed by atoms with Crippen LogP contribution < -0.4 is 0 Å². The van der Waals surface area contributed by atoms with Crippen molar-refractivity contribution >= 4 is 21.6 Å². The van der Waals surface area contributed by atoms with Crippen molar-refractivity contribution < 1.29 is 8.42 Å². The molecule has 0 radical (unpaired) electrons. The van der Waals surface area contributed by atoms with Crippen LogP contribution in [0.1, 0.15) is 18.5 Å². The standard InChI is InChI=1S/C13H22ClN3O2S/c1-15-11-13(9-12(15)10-14)20(18,19)16(2)7-8-17-5-3-4-6-17/h9,11H,3-8,10H2,1-2H3. The van der Waals surface area contributed by atoms with E-state index in [2.05, 4.69) is 4.90 Å². The van der Waals surface area contributed by atoms with Gasteiger partial charge >= 0.3 is 0 Å².